The van der Waals surface area contributed by atoms with Crippen LogP contribution in [0.1, 0.15) is 17.4 Å². The van der Waals surface area contributed by atoms with Crippen LogP contribution in [0.2, 0.25) is 0 Å². The Bertz CT molecular complexity index is 1260. The Balaban J connectivity index is 1.49. The quantitative estimate of drug-likeness (QED) is 0.486. The molecule has 7 nitrogen and oxygen atoms in total. The molecule has 0 aliphatic heterocycles. The molecule has 4 aromatic heterocycles. The molecule has 0 saturated heterocycles. The molecule has 0 amide bonds. The van der Waals surface area contributed by atoms with Crippen molar-refractivity contribution in [2.75, 3.05) is 0 Å². The Labute approximate surface area is 167 Å². The first-order valence-corrected chi connectivity index (χ1v) is 9.38. The van der Waals surface area contributed by atoms with Crippen LogP contribution in [0.5, 0.6) is 0 Å². The molecule has 0 spiro atoms. The third kappa shape index (κ3) is 3.28. The summed E-state index contributed by atoms with van der Waals surface area (Å²) in [6.45, 7) is 0. The number of nitrogens with zero attached hydrogens (tertiary/aromatic N) is 5. The van der Waals surface area contributed by atoms with Gasteiger partial charge in [-0.05, 0) is 30.3 Å². The van der Waals surface area contributed by atoms with Gasteiger partial charge in [-0.1, -0.05) is 24.3 Å². The summed E-state index contributed by atoms with van der Waals surface area (Å²) in [7, 11) is 0. The average Bonchev–Trinajstić information content (AvgIpc) is 3.44. The number of nitrogens with one attached hydrogen (secondary N) is 1. The van der Waals surface area contributed by atoms with Crippen LogP contribution in [0.3, 0.4) is 0 Å². The van der Waals surface area contributed by atoms with E-state index in [0.717, 1.165) is 39.2 Å². The minimum absolute atomic E-state index is 0.318. The maximum absolute atomic E-state index is 6.58. The summed E-state index contributed by atoms with van der Waals surface area (Å²) in [5.41, 5.74) is 12.0. The standard InChI is InChI=1S/C22H19N7/c23-18(11-17-6-3-7-19(28-17)16-12-25-26-13-16)22-21(9-4-10-24-22)29-20-8-2-1-5-15(20)14-27-29/h1-10,12-14,18H,11,23H2,(H,25,26)/t18-/m0/s1. The van der Waals surface area contributed by atoms with Crippen molar-refractivity contribution in [1.29, 1.82) is 0 Å². The summed E-state index contributed by atoms with van der Waals surface area (Å²) in [5.74, 6) is 0. The van der Waals surface area contributed by atoms with Gasteiger partial charge >= 0.3 is 0 Å². The zero-order chi connectivity index (χ0) is 19.6. The van der Waals surface area contributed by atoms with Crippen molar-refractivity contribution >= 4 is 10.9 Å². The second kappa shape index (κ2) is 7.29. The lowest BCUT2D eigenvalue weighted by atomic mass is 10.1. The van der Waals surface area contributed by atoms with E-state index in [2.05, 4.69) is 20.3 Å². The van der Waals surface area contributed by atoms with E-state index in [9.17, 15) is 0 Å². The normalized spacial score (nSPS) is 12.3. The molecule has 0 bridgehead atoms. The van der Waals surface area contributed by atoms with Crippen LogP contribution in [-0.4, -0.2) is 29.9 Å². The van der Waals surface area contributed by atoms with E-state index in [1.54, 1.807) is 12.4 Å². The van der Waals surface area contributed by atoms with Crippen LogP contribution < -0.4 is 5.73 Å². The molecule has 0 aliphatic rings. The van der Waals surface area contributed by atoms with E-state index in [-0.39, 0.29) is 6.04 Å². The second-order valence-electron chi connectivity index (χ2n) is 6.83. The largest absolute Gasteiger partial charge is 0.322 e. The number of rotatable bonds is 5. The zero-order valence-corrected chi connectivity index (χ0v) is 15.6. The highest BCUT2D eigenvalue weighted by Crippen LogP contribution is 2.25. The molecule has 5 rings (SSSR count). The van der Waals surface area contributed by atoms with Crippen molar-refractivity contribution in [3.8, 4) is 16.9 Å². The Morgan fingerprint density at radius 2 is 1.93 bits per heavy atom. The molecule has 0 aliphatic carbocycles. The predicted octanol–water partition coefficient (Wildman–Crippen LogP) is 3.45. The van der Waals surface area contributed by atoms with Crippen LogP contribution in [0.4, 0.5) is 0 Å². The van der Waals surface area contributed by atoms with Crippen molar-refractivity contribution in [2.45, 2.75) is 12.5 Å². The number of hydrogen-bond donors (Lipinski definition) is 2. The van der Waals surface area contributed by atoms with Crippen molar-refractivity contribution in [2.24, 2.45) is 5.73 Å². The van der Waals surface area contributed by atoms with Crippen molar-refractivity contribution < 1.29 is 0 Å². The molecule has 0 saturated carbocycles. The first kappa shape index (κ1) is 17.3. The maximum Gasteiger partial charge on any atom is 0.0884 e. The SMILES string of the molecule is N[C@@H](Cc1cccc(-c2cn[nH]c2)n1)c1ncccc1-n1ncc2ccccc21. The van der Waals surface area contributed by atoms with Gasteiger partial charge < -0.3 is 5.73 Å². The molecule has 3 N–H and O–H groups in total. The zero-order valence-electron chi connectivity index (χ0n) is 15.6. The number of H-pyrrole nitrogens is 1. The number of hydrogen-bond acceptors (Lipinski definition) is 5. The fourth-order valence-corrected chi connectivity index (χ4v) is 3.50. The number of benzene rings is 1. The van der Waals surface area contributed by atoms with Crippen LogP contribution in [-0.2, 0) is 6.42 Å². The Hall–Kier alpha value is -3.84. The molecule has 1 atom stereocenters. The van der Waals surface area contributed by atoms with Crippen LogP contribution >= 0.6 is 0 Å². The molecule has 1 aromatic carbocycles. The molecule has 5 aromatic rings. The van der Waals surface area contributed by atoms with Crippen molar-refractivity contribution in [3.63, 3.8) is 0 Å². The molecular weight excluding hydrogens is 362 g/mol. The lowest BCUT2D eigenvalue weighted by molar-refractivity contribution is 0.673. The molecule has 0 unspecified atom stereocenters. The van der Waals surface area contributed by atoms with E-state index in [1.165, 1.54) is 0 Å². The van der Waals surface area contributed by atoms with Crippen LogP contribution in [0.15, 0.2) is 79.4 Å². The molecular formula is C22H19N7. The lowest BCUT2D eigenvalue weighted by Crippen LogP contribution is -2.18. The summed E-state index contributed by atoms with van der Waals surface area (Å²) in [6.07, 6.45) is 7.76. The first-order valence-electron chi connectivity index (χ1n) is 9.38. The van der Waals surface area contributed by atoms with E-state index >= 15 is 0 Å². The highest BCUT2D eigenvalue weighted by molar-refractivity contribution is 5.80. The highest BCUT2D eigenvalue weighted by Gasteiger charge is 2.17. The summed E-state index contributed by atoms with van der Waals surface area (Å²) in [6, 6.07) is 17.6. The van der Waals surface area contributed by atoms with Crippen LogP contribution in [0, 0.1) is 0 Å². The van der Waals surface area contributed by atoms with E-state index in [1.807, 2.05) is 71.7 Å². The van der Waals surface area contributed by atoms with Crippen molar-refractivity contribution in [3.05, 3.63) is 90.8 Å². The third-order valence-electron chi connectivity index (χ3n) is 4.90. The number of aromatic amines is 1. The Morgan fingerprint density at radius 1 is 1.00 bits per heavy atom. The topological polar surface area (TPSA) is 98.3 Å². The van der Waals surface area contributed by atoms with Gasteiger partial charge in [-0.15, -0.1) is 0 Å². The van der Waals surface area contributed by atoms with Gasteiger partial charge in [0, 0.05) is 35.5 Å². The van der Waals surface area contributed by atoms with E-state index < -0.39 is 0 Å². The second-order valence-corrected chi connectivity index (χ2v) is 6.83. The molecule has 0 radical (unpaired) electrons. The number of nitrogens with two attached hydrogens (primary N) is 1. The maximum atomic E-state index is 6.58. The number of aromatic nitrogens is 6. The first-order chi connectivity index (χ1) is 14.3. The minimum atomic E-state index is -0.318. The van der Waals surface area contributed by atoms with E-state index in [0.29, 0.717) is 6.42 Å². The summed E-state index contributed by atoms with van der Waals surface area (Å²) in [5, 5.41) is 12.4. The van der Waals surface area contributed by atoms with Gasteiger partial charge in [-0.3, -0.25) is 15.1 Å². The van der Waals surface area contributed by atoms with Gasteiger partial charge in [0.2, 0.25) is 0 Å². The molecule has 4 heterocycles. The summed E-state index contributed by atoms with van der Waals surface area (Å²) in [4.78, 5) is 9.31. The monoisotopic (exact) mass is 381 g/mol. The van der Waals surface area contributed by atoms with E-state index in [4.69, 9.17) is 10.7 Å². The average molecular weight is 381 g/mol. The van der Waals surface area contributed by atoms with Gasteiger partial charge in [0.15, 0.2) is 0 Å². The highest BCUT2D eigenvalue weighted by atomic mass is 15.3. The Morgan fingerprint density at radius 3 is 2.83 bits per heavy atom. The summed E-state index contributed by atoms with van der Waals surface area (Å²) >= 11 is 0. The van der Waals surface area contributed by atoms with Gasteiger partial charge in [-0.2, -0.15) is 10.2 Å². The lowest BCUT2D eigenvalue weighted by Gasteiger charge is -2.16. The predicted molar refractivity (Wildman–Crippen MR) is 111 cm³/mol. The molecule has 0 fully saturated rings. The number of para-hydroxylation sites is 1. The Kier molecular flexibility index (Phi) is 4.34. The molecule has 7 heteroatoms. The summed E-state index contributed by atoms with van der Waals surface area (Å²) < 4.78 is 1.90. The third-order valence-corrected chi connectivity index (χ3v) is 4.90. The van der Waals surface area contributed by atoms with Gasteiger partial charge in [0.25, 0.3) is 0 Å². The van der Waals surface area contributed by atoms with Gasteiger partial charge in [0.05, 0.1) is 41.0 Å². The fraction of sp³-hybridized carbons (Fsp3) is 0.0909. The minimum Gasteiger partial charge on any atom is -0.322 e. The van der Waals surface area contributed by atoms with Gasteiger partial charge in [0.1, 0.15) is 0 Å². The van der Waals surface area contributed by atoms with Crippen molar-refractivity contribution in [1.82, 2.24) is 29.9 Å². The fourth-order valence-electron chi connectivity index (χ4n) is 3.50. The molecule has 29 heavy (non-hydrogen) atoms. The van der Waals surface area contributed by atoms with Crippen LogP contribution in [0.25, 0.3) is 27.8 Å². The number of fused-ring (bicyclic) bond motifs is 1. The molecule has 142 valence electrons. The van der Waals surface area contributed by atoms with Gasteiger partial charge in [-0.25, -0.2) is 4.68 Å². The number of pyridine rings is 2. The smallest absolute Gasteiger partial charge is 0.0884 e.